The number of hydrogen-bond acceptors (Lipinski definition) is 4. The Kier molecular flexibility index (Phi) is 5.74. The van der Waals surface area contributed by atoms with Gasteiger partial charge in [-0.15, -0.1) is 0 Å². The molecule has 5 nitrogen and oxygen atoms in total. The van der Waals surface area contributed by atoms with Crippen LogP contribution in [0.3, 0.4) is 0 Å². The zero-order chi connectivity index (χ0) is 21.4. The largest absolute Gasteiger partial charge is 0.338 e. The van der Waals surface area contributed by atoms with Crippen molar-refractivity contribution in [3.63, 3.8) is 0 Å². The Morgan fingerprint density at radius 3 is 2.61 bits per heavy atom. The lowest BCUT2D eigenvalue weighted by molar-refractivity contribution is 0.237. The maximum atomic E-state index is 13.0. The highest BCUT2D eigenvalue weighted by Gasteiger charge is 2.28. The van der Waals surface area contributed by atoms with Crippen molar-refractivity contribution in [2.75, 3.05) is 18.0 Å². The molecule has 0 atom stereocenters. The van der Waals surface area contributed by atoms with E-state index in [2.05, 4.69) is 43.6 Å². The third-order valence-corrected chi connectivity index (χ3v) is 6.73. The molecule has 1 aromatic heterocycles. The maximum absolute atomic E-state index is 13.0. The minimum Gasteiger partial charge on any atom is -0.338 e. The fourth-order valence-corrected chi connectivity index (χ4v) is 5.08. The number of anilines is 1. The van der Waals surface area contributed by atoms with Gasteiger partial charge >= 0.3 is 0 Å². The molecule has 7 heteroatoms. The predicted octanol–water partition coefficient (Wildman–Crippen LogP) is 4.52. The number of nitrogens with zero attached hydrogens (tertiary/aromatic N) is 4. The number of benzene rings is 2. The average molecular weight is 455 g/mol. The van der Waals surface area contributed by atoms with Crippen molar-refractivity contribution in [2.45, 2.75) is 39.0 Å². The molecule has 2 aromatic carbocycles. The quantitative estimate of drug-likeness (QED) is 0.580. The van der Waals surface area contributed by atoms with E-state index in [-0.39, 0.29) is 5.56 Å². The molecular weight excluding hydrogens is 431 g/mol. The molecule has 0 saturated heterocycles. The minimum atomic E-state index is -0.104. The first-order valence-corrected chi connectivity index (χ1v) is 11.4. The first-order chi connectivity index (χ1) is 15.1. The molecule has 0 fully saturated rings. The summed E-state index contributed by atoms with van der Waals surface area (Å²) in [6.45, 7) is 4.80. The Hall–Kier alpha value is -2.34. The standard InChI is InChI=1S/C24H24Cl2N4O/c25-19-8-7-18(21(26)13-19)15-29-10-4-11-30-22-9-12-28(14-17-5-2-1-3-6-17)16-20(22)23(31)27-24(29)30/h1-3,5-8,13H,4,9-12,14-16H2. The molecule has 0 radical (unpaired) electrons. The fraction of sp³-hybridized carbons (Fsp3) is 0.333. The summed E-state index contributed by atoms with van der Waals surface area (Å²) in [4.78, 5) is 22.1. The summed E-state index contributed by atoms with van der Waals surface area (Å²) in [6.07, 6.45) is 1.88. The van der Waals surface area contributed by atoms with Gasteiger partial charge in [0.2, 0.25) is 5.95 Å². The Morgan fingerprint density at radius 1 is 0.968 bits per heavy atom. The topological polar surface area (TPSA) is 41.4 Å². The number of halogens is 2. The molecule has 31 heavy (non-hydrogen) atoms. The Labute approximate surface area is 191 Å². The van der Waals surface area contributed by atoms with Crippen LogP contribution in [0.5, 0.6) is 0 Å². The highest BCUT2D eigenvalue weighted by Crippen LogP contribution is 2.28. The van der Waals surface area contributed by atoms with Gasteiger partial charge in [-0.2, -0.15) is 4.98 Å². The van der Waals surface area contributed by atoms with Crippen molar-refractivity contribution >= 4 is 29.2 Å². The van der Waals surface area contributed by atoms with E-state index in [1.54, 1.807) is 6.07 Å². The number of aromatic nitrogens is 2. The Bertz CT molecular complexity index is 1160. The summed E-state index contributed by atoms with van der Waals surface area (Å²) < 4.78 is 2.25. The van der Waals surface area contributed by atoms with Gasteiger partial charge in [0.1, 0.15) is 0 Å². The van der Waals surface area contributed by atoms with Crippen molar-refractivity contribution < 1.29 is 0 Å². The van der Waals surface area contributed by atoms with Crippen LogP contribution in [0.15, 0.2) is 53.3 Å². The van der Waals surface area contributed by atoms with Crippen LogP contribution in [-0.2, 0) is 32.6 Å². The van der Waals surface area contributed by atoms with Crippen molar-refractivity contribution in [1.29, 1.82) is 0 Å². The van der Waals surface area contributed by atoms with E-state index in [1.807, 2.05) is 18.2 Å². The third kappa shape index (κ3) is 4.22. The van der Waals surface area contributed by atoms with Crippen LogP contribution in [0, 0.1) is 0 Å². The smallest absolute Gasteiger partial charge is 0.279 e. The van der Waals surface area contributed by atoms with Gasteiger partial charge in [-0.3, -0.25) is 9.69 Å². The molecule has 0 bridgehead atoms. The second-order valence-electron chi connectivity index (χ2n) is 8.25. The minimum absolute atomic E-state index is 0.104. The summed E-state index contributed by atoms with van der Waals surface area (Å²) in [5.41, 5.74) is 4.14. The first kappa shape index (κ1) is 20.6. The second-order valence-corrected chi connectivity index (χ2v) is 9.09. The van der Waals surface area contributed by atoms with E-state index < -0.39 is 0 Å². The lowest BCUT2D eigenvalue weighted by Crippen LogP contribution is -2.42. The molecule has 3 aromatic rings. The summed E-state index contributed by atoms with van der Waals surface area (Å²) in [7, 11) is 0. The third-order valence-electron chi connectivity index (χ3n) is 6.14. The zero-order valence-electron chi connectivity index (χ0n) is 17.2. The molecule has 160 valence electrons. The molecule has 2 aliphatic heterocycles. The average Bonchev–Trinajstić information content (AvgIpc) is 2.77. The number of hydrogen-bond donors (Lipinski definition) is 0. The summed E-state index contributed by atoms with van der Waals surface area (Å²) in [6, 6.07) is 16.0. The van der Waals surface area contributed by atoms with Gasteiger partial charge in [-0.05, 0) is 29.7 Å². The van der Waals surface area contributed by atoms with E-state index in [0.29, 0.717) is 23.1 Å². The second kappa shape index (κ2) is 8.65. The van der Waals surface area contributed by atoms with Gasteiger partial charge < -0.3 is 9.47 Å². The monoisotopic (exact) mass is 454 g/mol. The van der Waals surface area contributed by atoms with Crippen LogP contribution in [0.4, 0.5) is 5.95 Å². The molecule has 0 saturated carbocycles. The zero-order valence-corrected chi connectivity index (χ0v) is 18.7. The molecule has 0 N–H and O–H groups in total. The van der Waals surface area contributed by atoms with Crippen molar-refractivity contribution in [1.82, 2.24) is 14.5 Å². The number of fused-ring (bicyclic) bond motifs is 3. The van der Waals surface area contributed by atoms with Gasteiger partial charge in [0, 0.05) is 61.4 Å². The lowest BCUT2D eigenvalue weighted by atomic mass is 10.0. The van der Waals surface area contributed by atoms with Crippen LogP contribution < -0.4 is 10.5 Å². The van der Waals surface area contributed by atoms with Gasteiger partial charge in [0.25, 0.3) is 5.56 Å². The molecule has 0 aliphatic carbocycles. The van der Waals surface area contributed by atoms with Gasteiger partial charge in [-0.1, -0.05) is 59.6 Å². The van der Waals surface area contributed by atoms with E-state index >= 15 is 0 Å². The summed E-state index contributed by atoms with van der Waals surface area (Å²) in [5, 5.41) is 1.26. The Balaban J connectivity index is 1.42. The molecule has 0 spiro atoms. The van der Waals surface area contributed by atoms with Crippen LogP contribution in [0.25, 0.3) is 0 Å². The van der Waals surface area contributed by atoms with Gasteiger partial charge in [-0.25, -0.2) is 0 Å². The fourth-order valence-electron chi connectivity index (χ4n) is 4.62. The van der Waals surface area contributed by atoms with Crippen molar-refractivity contribution in [2.24, 2.45) is 0 Å². The van der Waals surface area contributed by atoms with E-state index in [1.165, 1.54) is 5.56 Å². The molecular formula is C24H24Cl2N4O. The highest BCUT2D eigenvalue weighted by atomic mass is 35.5. The maximum Gasteiger partial charge on any atom is 0.279 e. The van der Waals surface area contributed by atoms with Gasteiger partial charge in [0.15, 0.2) is 0 Å². The predicted molar refractivity (Wildman–Crippen MR) is 125 cm³/mol. The Morgan fingerprint density at radius 2 is 1.81 bits per heavy atom. The van der Waals surface area contributed by atoms with E-state index in [0.717, 1.165) is 61.8 Å². The first-order valence-electron chi connectivity index (χ1n) is 10.7. The molecule has 2 aliphatic rings. The molecule has 0 amide bonds. The summed E-state index contributed by atoms with van der Waals surface area (Å²) in [5.74, 6) is 0.762. The normalized spacial score (nSPS) is 16.1. The summed E-state index contributed by atoms with van der Waals surface area (Å²) >= 11 is 12.4. The lowest BCUT2D eigenvalue weighted by Gasteiger charge is -2.36. The van der Waals surface area contributed by atoms with Crippen LogP contribution in [-0.4, -0.2) is 27.5 Å². The van der Waals surface area contributed by atoms with Crippen LogP contribution in [0.1, 0.15) is 28.8 Å². The van der Waals surface area contributed by atoms with Crippen molar-refractivity contribution in [3.8, 4) is 0 Å². The van der Waals surface area contributed by atoms with Crippen molar-refractivity contribution in [3.05, 3.63) is 91.3 Å². The van der Waals surface area contributed by atoms with Gasteiger partial charge in [0.05, 0.1) is 5.56 Å². The van der Waals surface area contributed by atoms with Crippen LogP contribution in [0.2, 0.25) is 10.0 Å². The molecule has 0 unspecified atom stereocenters. The van der Waals surface area contributed by atoms with E-state index in [4.69, 9.17) is 23.2 Å². The highest BCUT2D eigenvalue weighted by molar-refractivity contribution is 6.35. The molecule has 3 heterocycles. The molecule has 5 rings (SSSR count). The SMILES string of the molecule is O=c1nc2n(c3c1CN(Cc1ccccc1)CC3)CCCN2Cc1ccc(Cl)cc1Cl. The number of rotatable bonds is 4. The van der Waals surface area contributed by atoms with Crippen LogP contribution >= 0.6 is 23.2 Å². The van der Waals surface area contributed by atoms with E-state index in [9.17, 15) is 4.79 Å².